The molecule has 0 aliphatic carbocycles. The molecule has 0 bridgehead atoms. The van der Waals surface area contributed by atoms with E-state index in [-0.39, 0.29) is 5.82 Å². The van der Waals surface area contributed by atoms with Crippen molar-refractivity contribution >= 4 is 11.3 Å². The summed E-state index contributed by atoms with van der Waals surface area (Å²) in [6.07, 6.45) is 0. The van der Waals surface area contributed by atoms with Crippen molar-refractivity contribution in [2.75, 3.05) is 7.05 Å². The molecule has 1 heterocycles. The van der Waals surface area contributed by atoms with Crippen molar-refractivity contribution < 1.29 is 9.13 Å². The molecular weight excluding hydrogens is 249 g/mol. The van der Waals surface area contributed by atoms with Crippen LogP contribution in [0.2, 0.25) is 0 Å². The van der Waals surface area contributed by atoms with Crippen molar-refractivity contribution in [1.29, 1.82) is 0 Å². The second kappa shape index (κ2) is 5.98. The summed E-state index contributed by atoms with van der Waals surface area (Å²) < 4.78 is 18.9. The minimum Gasteiger partial charge on any atom is -0.488 e. The van der Waals surface area contributed by atoms with Crippen LogP contribution in [0.3, 0.4) is 0 Å². The Bertz CT molecular complexity index is 524. The van der Waals surface area contributed by atoms with Gasteiger partial charge in [-0.05, 0) is 37.7 Å². The maximum absolute atomic E-state index is 13.3. The number of ether oxygens (including phenoxy) is 1. The molecule has 2 rings (SSSR count). The molecule has 1 aromatic heterocycles. The molecule has 0 atom stereocenters. The average Bonchev–Trinajstić information content (AvgIpc) is 2.79. The van der Waals surface area contributed by atoms with Gasteiger partial charge in [0.1, 0.15) is 18.2 Å². The van der Waals surface area contributed by atoms with Crippen molar-refractivity contribution in [3.8, 4) is 5.75 Å². The molecule has 1 N–H and O–H groups in total. The first kappa shape index (κ1) is 13.1. The zero-order valence-electron chi connectivity index (χ0n) is 10.5. The number of halogens is 1. The van der Waals surface area contributed by atoms with Crippen molar-refractivity contribution in [3.63, 3.8) is 0 Å². The van der Waals surface area contributed by atoms with Crippen molar-refractivity contribution in [3.05, 3.63) is 51.5 Å². The van der Waals surface area contributed by atoms with Gasteiger partial charge in [-0.1, -0.05) is 6.07 Å². The third-order valence-electron chi connectivity index (χ3n) is 2.59. The maximum Gasteiger partial charge on any atom is 0.129 e. The first-order chi connectivity index (χ1) is 8.69. The smallest absolute Gasteiger partial charge is 0.129 e. The van der Waals surface area contributed by atoms with E-state index in [4.69, 9.17) is 4.74 Å². The van der Waals surface area contributed by atoms with Gasteiger partial charge in [-0.15, -0.1) is 11.3 Å². The third-order valence-corrected chi connectivity index (χ3v) is 3.65. The van der Waals surface area contributed by atoms with Crippen LogP contribution in [0.5, 0.6) is 5.75 Å². The van der Waals surface area contributed by atoms with Crippen LogP contribution in [-0.4, -0.2) is 7.05 Å². The number of benzene rings is 1. The molecule has 0 amide bonds. The fraction of sp³-hybridized carbons (Fsp3) is 0.286. The van der Waals surface area contributed by atoms with Crippen LogP contribution in [0.1, 0.15) is 15.3 Å². The quantitative estimate of drug-likeness (QED) is 0.893. The molecule has 1 aromatic carbocycles. The number of rotatable bonds is 5. The summed E-state index contributed by atoms with van der Waals surface area (Å²) in [6, 6.07) is 9.07. The molecule has 2 aromatic rings. The lowest BCUT2D eigenvalue weighted by Gasteiger charge is -2.05. The fourth-order valence-corrected chi connectivity index (χ4v) is 2.53. The van der Waals surface area contributed by atoms with E-state index < -0.39 is 0 Å². The van der Waals surface area contributed by atoms with Crippen LogP contribution in [0.25, 0.3) is 0 Å². The Labute approximate surface area is 110 Å². The van der Waals surface area contributed by atoms with Gasteiger partial charge in [-0.2, -0.15) is 0 Å². The van der Waals surface area contributed by atoms with E-state index in [1.165, 1.54) is 10.9 Å². The zero-order chi connectivity index (χ0) is 13.0. The Hall–Kier alpha value is -1.39. The van der Waals surface area contributed by atoms with Crippen LogP contribution in [0.4, 0.5) is 4.39 Å². The first-order valence-electron chi connectivity index (χ1n) is 5.80. The number of thiophene rings is 1. The largest absolute Gasteiger partial charge is 0.488 e. The minimum atomic E-state index is -0.227. The standard InChI is InChI=1S/C14H16FNOS/c1-10-3-4-11(7-14(10)15)17-9-13-6-5-12(18-13)8-16-2/h3-7,16H,8-9H2,1-2H3. The number of hydrogen-bond acceptors (Lipinski definition) is 3. The molecule has 0 aliphatic rings. The van der Waals surface area contributed by atoms with Crippen LogP contribution in [0, 0.1) is 12.7 Å². The van der Waals surface area contributed by atoms with Gasteiger partial charge in [-0.25, -0.2) is 4.39 Å². The van der Waals surface area contributed by atoms with Crippen LogP contribution in [0.15, 0.2) is 30.3 Å². The summed E-state index contributed by atoms with van der Waals surface area (Å²) in [5.41, 5.74) is 0.634. The van der Waals surface area contributed by atoms with Gasteiger partial charge in [0.25, 0.3) is 0 Å². The van der Waals surface area contributed by atoms with Crippen LogP contribution in [-0.2, 0) is 13.2 Å². The van der Waals surface area contributed by atoms with E-state index in [9.17, 15) is 4.39 Å². The van der Waals surface area contributed by atoms with Crippen LogP contribution < -0.4 is 10.1 Å². The van der Waals surface area contributed by atoms with Crippen molar-refractivity contribution in [2.24, 2.45) is 0 Å². The Morgan fingerprint density at radius 1 is 1.22 bits per heavy atom. The number of aryl methyl sites for hydroxylation is 1. The molecule has 0 spiro atoms. The Balaban J connectivity index is 1.95. The SMILES string of the molecule is CNCc1ccc(COc2ccc(C)c(F)c2)s1. The Kier molecular flexibility index (Phi) is 4.33. The molecule has 0 saturated carbocycles. The van der Waals surface area contributed by atoms with E-state index in [1.807, 2.05) is 13.1 Å². The molecule has 0 saturated heterocycles. The summed E-state index contributed by atoms with van der Waals surface area (Å²) in [5, 5.41) is 3.10. The van der Waals surface area contributed by atoms with E-state index >= 15 is 0 Å². The highest BCUT2D eigenvalue weighted by Gasteiger charge is 2.03. The van der Waals surface area contributed by atoms with E-state index in [2.05, 4.69) is 11.4 Å². The van der Waals surface area contributed by atoms with Gasteiger partial charge in [0.05, 0.1) is 0 Å². The number of hydrogen-bond donors (Lipinski definition) is 1. The van der Waals surface area contributed by atoms with E-state index in [0.717, 1.165) is 11.4 Å². The normalized spacial score (nSPS) is 10.6. The first-order valence-corrected chi connectivity index (χ1v) is 6.62. The van der Waals surface area contributed by atoms with Gasteiger partial charge >= 0.3 is 0 Å². The summed E-state index contributed by atoms with van der Waals surface area (Å²) in [4.78, 5) is 2.41. The van der Waals surface area contributed by atoms with E-state index in [1.54, 1.807) is 30.4 Å². The highest BCUT2D eigenvalue weighted by Crippen LogP contribution is 2.20. The zero-order valence-corrected chi connectivity index (χ0v) is 11.3. The predicted octanol–water partition coefficient (Wildman–Crippen LogP) is 3.49. The lowest BCUT2D eigenvalue weighted by atomic mass is 10.2. The summed E-state index contributed by atoms with van der Waals surface area (Å²) >= 11 is 1.70. The van der Waals surface area contributed by atoms with Crippen LogP contribution >= 0.6 is 11.3 Å². The summed E-state index contributed by atoms with van der Waals surface area (Å²) in [5.74, 6) is 0.344. The molecule has 18 heavy (non-hydrogen) atoms. The molecule has 2 nitrogen and oxygen atoms in total. The van der Waals surface area contributed by atoms with Crippen molar-refractivity contribution in [1.82, 2.24) is 5.32 Å². The Morgan fingerprint density at radius 3 is 2.72 bits per heavy atom. The Morgan fingerprint density at radius 2 is 2.00 bits per heavy atom. The maximum atomic E-state index is 13.3. The lowest BCUT2D eigenvalue weighted by molar-refractivity contribution is 0.308. The third kappa shape index (κ3) is 3.31. The molecule has 96 valence electrons. The number of nitrogens with one attached hydrogen (secondary N) is 1. The second-order valence-electron chi connectivity index (χ2n) is 4.10. The molecule has 4 heteroatoms. The average molecular weight is 265 g/mol. The van der Waals surface area contributed by atoms with Gasteiger partial charge < -0.3 is 10.1 Å². The molecule has 0 unspecified atom stereocenters. The molecule has 0 aliphatic heterocycles. The summed E-state index contributed by atoms with van der Waals surface area (Å²) in [6.45, 7) is 3.09. The highest BCUT2D eigenvalue weighted by atomic mass is 32.1. The monoisotopic (exact) mass is 265 g/mol. The predicted molar refractivity (Wildman–Crippen MR) is 72.6 cm³/mol. The second-order valence-corrected chi connectivity index (χ2v) is 5.35. The highest BCUT2D eigenvalue weighted by molar-refractivity contribution is 7.11. The van der Waals surface area contributed by atoms with Crippen molar-refractivity contribution in [2.45, 2.75) is 20.1 Å². The molecular formula is C14H16FNOS. The van der Waals surface area contributed by atoms with Gasteiger partial charge in [0.15, 0.2) is 0 Å². The molecule has 0 radical (unpaired) electrons. The summed E-state index contributed by atoms with van der Waals surface area (Å²) in [7, 11) is 1.92. The van der Waals surface area contributed by atoms with Gasteiger partial charge in [0, 0.05) is 22.4 Å². The fourth-order valence-electron chi connectivity index (χ4n) is 1.59. The topological polar surface area (TPSA) is 21.3 Å². The van der Waals surface area contributed by atoms with Gasteiger partial charge in [0.2, 0.25) is 0 Å². The lowest BCUT2D eigenvalue weighted by Crippen LogP contribution is -2.02. The van der Waals surface area contributed by atoms with Gasteiger partial charge in [-0.3, -0.25) is 0 Å². The van der Waals surface area contributed by atoms with E-state index in [0.29, 0.717) is 17.9 Å². The molecule has 0 fully saturated rings. The minimum absolute atomic E-state index is 0.227.